The Kier molecular flexibility index (Phi) is 4.43. The van der Waals surface area contributed by atoms with Gasteiger partial charge in [-0.05, 0) is 18.6 Å². The summed E-state index contributed by atoms with van der Waals surface area (Å²) in [6.07, 6.45) is 12.5. The minimum absolute atomic E-state index is 0.0756. The molecule has 0 aliphatic heterocycles. The SMILES string of the molecule is C#CCC(CC)NC(c1ccco1)c1nccn1C. The largest absolute Gasteiger partial charge is 0.467 e. The van der Waals surface area contributed by atoms with Gasteiger partial charge in [0.15, 0.2) is 0 Å². The van der Waals surface area contributed by atoms with Gasteiger partial charge in [0.25, 0.3) is 0 Å². The molecular formula is C15H19N3O. The van der Waals surface area contributed by atoms with Crippen molar-refractivity contribution in [2.75, 3.05) is 0 Å². The Bertz CT molecular complexity index is 536. The molecule has 0 aliphatic rings. The Morgan fingerprint density at radius 1 is 1.58 bits per heavy atom. The number of imidazole rings is 1. The molecule has 0 spiro atoms. The summed E-state index contributed by atoms with van der Waals surface area (Å²) in [7, 11) is 1.97. The number of rotatable bonds is 6. The summed E-state index contributed by atoms with van der Waals surface area (Å²) < 4.78 is 7.52. The highest BCUT2D eigenvalue weighted by Crippen LogP contribution is 2.22. The van der Waals surface area contributed by atoms with Gasteiger partial charge in [0.05, 0.1) is 6.26 Å². The molecule has 2 heterocycles. The Labute approximate surface area is 113 Å². The summed E-state index contributed by atoms with van der Waals surface area (Å²) in [5, 5.41) is 3.53. The van der Waals surface area contributed by atoms with E-state index in [2.05, 4.69) is 23.1 Å². The van der Waals surface area contributed by atoms with Crippen molar-refractivity contribution < 1.29 is 4.42 Å². The molecule has 2 aromatic rings. The van der Waals surface area contributed by atoms with E-state index in [-0.39, 0.29) is 12.1 Å². The van der Waals surface area contributed by atoms with Gasteiger partial charge in [-0.2, -0.15) is 0 Å². The van der Waals surface area contributed by atoms with E-state index in [0.29, 0.717) is 6.42 Å². The fourth-order valence-corrected chi connectivity index (χ4v) is 2.09. The molecule has 100 valence electrons. The van der Waals surface area contributed by atoms with Crippen molar-refractivity contribution in [1.29, 1.82) is 0 Å². The number of terminal acetylenes is 1. The Morgan fingerprint density at radius 3 is 2.95 bits per heavy atom. The zero-order valence-corrected chi connectivity index (χ0v) is 11.3. The van der Waals surface area contributed by atoms with Crippen molar-refractivity contribution in [3.63, 3.8) is 0 Å². The third-order valence-corrected chi connectivity index (χ3v) is 3.20. The van der Waals surface area contributed by atoms with E-state index in [1.807, 2.05) is 29.9 Å². The fraction of sp³-hybridized carbons (Fsp3) is 0.400. The average Bonchev–Trinajstić information content (AvgIpc) is 3.06. The van der Waals surface area contributed by atoms with Crippen molar-refractivity contribution in [2.24, 2.45) is 7.05 Å². The fourth-order valence-electron chi connectivity index (χ4n) is 2.09. The van der Waals surface area contributed by atoms with Crippen LogP contribution >= 0.6 is 0 Å². The molecule has 0 fully saturated rings. The molecule has 0 bridgehead atoms. The summed E-state index contributed by atoms with van der Waals surface area (Å²) in [5.41, 5.74) is 0. The summed E-state index contributed by atoms with van der Waals surface area (Å²) in [6.45, 7) is 2.12. The molecule has 4 heteroatoms. The van der Waals surface area contributed by atoms with Gasteiger partial charge < -0.3 is 8.98 Å². The number of furan rings is 1. The Balaban J connectivity index is 2.26. The van der Waals surface area contributed by atoms with Crippen LogP contribution in [0.15, 0.2) is 35.2 Å². The van der Waals surface area contributed by atoms with Gasteiger partial charge in [0, 0.05) is 31.9 Å². The lowest BCUT2D eigenvalue weighted by atomic mass is 10.1. The summed E-state index contributed by atoms with van der Waals surface area (Å²) in [5.74, 6) is 4.48. The number of aryl methyl sites for hydroxylation is 1. The molecule has 2 atom stereocenters. The van der Waals surface area contributed by atoms with Crippen LogP contribution in [0.25, 0.3) is 0 Å². The van der Waals surface area contributed by atoms with E-state index in [1.54, 1.807) is 12.5 Å². The van der Waals surface area contributed by atoms with Crippen LogP contribution in [0.2, 0.25) is 0 Å². The molecule has 1 N–H and O–H groups in total. The number of nitrogens with zero attached hydrogens (tertiary/aromatic N) is 2. The van der Waals surface area contributed by atoms with Crippen LogP contribution in [-0.2, 0) is 7.05 Å². The lowest BCUT2D eigenvalue weighted by Crippen LogP contribution is -2.34. The standard InChI is InChI=1S/C15H19N3O/c1-4-7-12(5-2)17-14(13-8-6-11-19-13)15-16-9-10-18(15)3/h1,6,8-12,14,17H,5,7H2,2-3H3. The average molecular weight is 257 g/mol. The van der Waals surface area contributed by atoms with E-state index >= 15 is 0 Å². The third-order valence-electron chi connectivity index (χ3n) is 3.20. The van der Waals surface area contributed by atoms with Gasteiger partial charge in [0.2, 0.25) is 0 Å². The predicted octanol–water partition coefficient (Wildman–Crippen LogP) is 2.49. The molecule has 4 nitrogen and oxygen atoms in total. The van der Waals surface area contributed by atoms with Gasteiger partial charge in [-0.3, -0.25) is 5.32 Å². The van der Waals surface area contributed by atoms with E-state index in [4.69, 9.17) is 10.8 Å². The second kappa shape index (κ2) is 6.26. The second-order valence-electron chi connectivity index (χ2n) is 4.52. The monoisotopic (exact) mass is 257 g/mol. The van der Waals surface area contributed by atoms with Gasteiger partial charge >= 0.3 is 0 Å². The van der Waals surface area contributed by atoms with Crippen molar-refractivity contribution in [2.45, 2.75) is 31.8 Å². The van der Waals surface area contributed by atoms with Crippen molar-refractivity contribution in [3.8, 4) is 12.3 Å². The van der Waals surface area contributed by atoms with Crippen molar-refractivity contribution >= 4 is 0 Å². The van der Waals surface area contributed by atoms with Gasteiger partial charge in [-0.1, -0.05) is 6.92 Å². The minimum atomic E-state index is -0.0756. The number of hydrogen-bond acceptors (Lipinski definition) is 3. The molecule has 0 radical (unpaired) electrons. The summed E-state index contributed by atoms with van der Waals surface area (Å²) in [6, 6.07) is 4.01. The van der Waals surface area contributed by atoms with Crippen molar-refractivity contribution in [3.05, 3.63) is 42.4 Å². The Morgan fingerprint density at radius 2 is 2.42 bits per heavy atom. The maximum atomic E-state index is 5.53. The number of hydrogen-bond donors (Lipinski definition) is 1. The first-order valence-corrected chi connectivity index (χ1v) is 6.46. The molecule has 19 heavy (non-hydrogen) atoms. The van der Waals surface area contributed by atoms with E-state index in [9.17, 15) is 0 Å². The summed E-state index contributed by atoms with van der Waals surface area (Å²) in [4.78, 5) is 4.41. The minimum Gasteiger partial charge on any atom is -0.467 e. The van der Waals surface area contributed by atoms with Crippen LogP contribution in [0.4, 0.5) is 0 Å². The number of aromatic nitrogens is 2. The van der Waals surface area contributed by atoms with Crippen LogP contribution in [0.5, 0.6) is 0 Å². The third kappa shape index (κ3) is 3.07. The molecule has 0 aromatic carbocycles. The van der Waals surface area contributed by atoms with Crippen LogP contribution < -0.4 is 5.32 Å². The van der Waals surface area contributed by atoms with Crippen molar-refractivity contribution in [1.82, 2.24) is 14.9 Å². The highest BCUT2D eigenvalue weighted by molar-refractivity contribution is 5.16. The van der Waals surface area contributed by atoms with Gasteiger partial charge in [-0.15, -0.1) is 12.3 Å². The van der Waals surface area contributed by atoms with E-state index in [1.165, 1.54) is 0 Å². The highest BCUT2D eigenvalue weighted by Gasteiger charge is 2.23. The maximum absolute atomic E-state index is 5.53. The normalized spacial score (nSPS) is 13.9. The first-order valence-electron chi connectivity index (χ1n) is 6.46. The maximum Gasteiger partial charge on any atom is 0.133 e. The van der Waals surface area contributed by atoms with Crippen LogP contribution in [0, 0.1) is 12.3 Å². The van der Waals surface area contributed by atoms with Gasteiger partial charge in [0.1, 0.15) is 17.6 Å². The lowest BCUT2D eigenvalue weighted by Gasteiger charge is -2.22. The molecule has 2 unspecified atom stereocenters. The second-order valence-corrected chi connectivity index (χ2v) is 4.52. The smallest absolute Gasteiger partial charge is 0.133 e. The lowest BCUT2D eigenvalue weighted by molar-refractivity contribution is 0.385. The molecule has 0 saturated carbocycles. The first kappa shape index (κ1) is 13.4. The van der Waals surface area contributed by atoms with Crippen LogP contribution in [0.1, 0.15) is 37.4 Å². The first-order chi connectivity index (χ1) is 9.26. The zero-order chi connectivity index (χ0) is 13.7. The topological polar surface area (TPSA) is 43.0 Å². The molecule has 0 aliphatic carbocycles. The molecule has 0 saturated heterocycles. The quantitative estimate of drug-likeness (QED) is 0.808. The summed E-state index contributed by atoms with van der Waals surface area (Å²) >= 11 is 0. The zero-order valence-electron chi connectivity index (χ0n) is 11.3. The molecular weight excluding hydrogens is 238 g/mol. The van der Waals surface area contributed by atoms with Gasteiger partial charge in [-0.25, -0.2) is 4.98 Å². The predicted molar refractivity (Wildman–Crippen MR) is 74.4 cm³/mol. The van der Waals surface area contributed by atoms with Crippen LogP contribution in [0.3, 0.4) is 0 Å². The Hall–Kier alpha value is -1.99. The molecule has 2 rings (SSSR count). The number of nitrogens with one attached hydrogen (secondary N) is 1. The molecule has 0 amide bonds. The molecule has 2 aromatic heterocycles. The highest BCUT2D eigenvalue weighted by atomic mass is 16.3. The van der Waals surface area contributed by atoms with E-state index in [0.717, 1.165) is 18.0 Å². The van der Waals surface area contributed by atoms with E-state index < -0.39 is 0 Å². The van der Waals surface area contributed by atoms with Crippen LogP contribution in [-0.4, -0.2) is 15.6 Å².